The van der Waals surface area contributed by atoms with E-state index in [0.29, 0.717) is 0 Å². The molecule has 1 aliphatic rings. The fraction of sp³-hybridized carbons (Fsp3) is 0.0164. The molecule has 0 radical (unpaired) electrons. The topological polar surface area (TPSA) is 16.4 Å². The van der Waals surface area contributed by atoms with Crippen LogP contribution in [0.5, 0.6) is 0 Å². The van der Waals surface area contributed by atoms with Crippen LogP contribution in [0.4, 0.5) is 17.1 Å². The molecule has 0 atom stereocenters. The van der Waals surface area contributed by atoms with Crippen molar-refractivity contribution in [2.45, 2.75) is 5.41 Å². The van der Waals surface area contributed by atoms with E-state index in [0.717, 1.165) is 50.1 Å². The Labute approximate surface area is 365 Å². The van der Waals surface area contributed by atoms with E-state index in [1.807, 2.05) is 12.1 Å². The summed E-state index contributed by atoms with van der Waals surface area (Å²) in [5.74, 6) is 0. The van der Waals surface area contributed by atoms with Gasteiger partial charge in [-0.3, -0.25) is 0 Å². The monoisotopic (exact) mass is 801 g/mol. The zero-order valence-corrected chi connectivity index (χ0v) is 34.4. The van der Waals surface area contributed by atoms with Gasteiger partial charge in [0.1, 0.15) is 11.2 Å². The Hall–Kier alpha value is -8.20. The maximum absolute atomic E-state index is 6.49. The Morgan fingerprint density at radius 2 is 0.762 bits per heavy atom. The molecule has 2 nitrogen and oxygen atoms in total. The number of benzene rings is 11. The summed E-state index contributed by atoms with van der Waals surface area (Å²) in [4.78, 5) is 2.41. The third-order valence-corrected chi connectivity index (χ3v) is 13.5. The zero-order valence-electron chi connectivity index (χ0n) is 34.4. The minimum atomic E-state index is -0.472. The average molecular weight is 802 g/mol. The highest BCUT2D eigenvalue weighted by molar-refractivity contribution is 6.25. The van der Waals surface area contributed by atoms with Gasteiger partial charge in [0.05, 0.1) is 5.41 Å². The minimum absolute atomic E-state index is 0.472. The summed E-state index contributed by atoms with van der Waals surface area (Å²) in [5, 5.41) is 9.81. The highest BCUT2D eigenvalue weighted by atomic mass is 16.3. The molecule has 0 aliphatic heterocycles. The predicted octanol–water partition coefficient (Wildman–Crippen LogP) is 16.5. The minimum Gasteiger partial charge on any atom is -0.455 e. The lowest BCUT2D eigenvalue weighted by molar-refractivity contribution is 0.670. The van der Waals surface area contributed by atoms with Crippen molar-refractivity contribution in [1.29, 1.82) is 0 Å². The molecule has 11 aromatic carbocycles. The highest BCUT2D eigenvalue weighted by Gasteiger charge is 2.45. The molecule has 0 spiro atoms. The lowest BCUT2D eigenvalue weighted by Gasteiger charge is -2.34. The number of rotatable bonds is 6. The number of hydrogen-bond donors (Lipinski definition) is 0. The lowest BCUT2D eigenvalue weighted by atomic mass is 9.68. The van der Waals surface area contributed by atoms with Gasteiger partial charge in [-0.1, -0.05) is 194 Å². The molecule has 0 amide bonds. The van der Waals surface area contributed by atoms with Crippen molar-refractivity contribution in [1.82, 2.24) is 0 Å². The van der Waals surface area contributed by atoms with Gasteiger partial charge in [0.2, 0.25) is 0 Å². The van der Waals surface area contributed by atoms with E-state index in [9.17, 15) is 0 Å². The van der Waals surface area contributed by atoms with Gasteiger partial charge in [0.25, 0.3) is 0 Å². The summed E-state index contributed by atoms with van der Waals surface area (Å²) >= 11 is 0. The molecule has 63 heavy (non-hydrogen) atoms. The van der Waals surface area contributed by atoms with Crippen molar-refractivity contribution >= 4 is 71.3 Å². The van der Waals surface area contributed by atoms with Crippen LogP contribution in [0.3, 0.4) is 0 Å². The molecule has 12 aromatic rings. The van der Waals surface area contributed by atoms with Gasteiger partial charge in [-0.2, -0.15) is 0 Å². The molecule has 1 heterocycles. The van der Waals surface area contributed by atoms with Crippen LogP contribution in [-0.4, -0.2) is 0 Å². The molecule has 0 bridgehead atoms. The van der Waals surface area contributed by atoms with E-state index in [1.165, 1.54) is 65.7 Å². The molecular weight excluding hydrogens is 763 g/mol. The summed E-state index contributed by atoms with van der Waals surface area (Å²) in [6.45, 7) is 0. The summed E-state index contributed by atoms with van der Waals surface area (Å²) in [6.07, 6.45) is 0. The third-order valence-electron chi connectivity index (χ3n) is 13.5. The van der Waals surface area contributed by atoms with E-state index in [-0.39, 0.29) is 0 Å². The molecule has 294 valence electrons. The van der Waals surface area contributed by atoms with Crippen molar-refractivity contribution in [3.8, 4) is 22.3 Å². The molecule has 0 N–H and O–H groups in total. The summed E-state index contributed by atoms with van der Waals surface area (Å²) in [7, 11) is 0. The first kappa shape index (κ1) is 35.5. The maximum atomic E-state index is 6.49. The molecule has 0 fully saturated rings. The molecule has 0 saturated carbocycles. The summed E-state index contributed by atoms with van der Waals surface area (Å²) < 4.78 is 6.49. The van der Waals surface area contributed by atoms with Crippen molar-refractivity contribution in [2.75, 3.05) is 4.90 Å². The summed E-state index contributed by atoms with van der Waals surface area (Å²) in [6, 6.07) is 86.6. The second-order valence-electron chi connectivity index (χ2n) is 16.7. The van der Waals surface area contributed by atoms with Crippen molar-refractivity contribution in [2.24, 2.45) is 0 Å². The largest absolute Gasteiger partial charge is 0.455 e. The van der Waals surface area contributed by atoms with E-state index in [1.54, 1.807) is 0 Å². The van der Waals surface area contributed by atoms with Crippen LogP contribution in [0.1, 0.15) is 22.3 Å². The Bertz CT molecular complexity index is 3650. The van der Waals surface area contributed by atoms with Gasteiger partial charge >= 0.3 is 0 Å². The number of hydrogen-bond acceptors (Lipinski definition) is 2. The Kier molecular flexibility index (Phi) is 7.85. The van der Waals surface area contributed by atoms with Gasteiger partial charge in [-0.15, -0.1) is 0 Å². The van der Waals surface area contributed by atoms with Crippen molar-refractivity contribution < 1.29 is 4.42 Å². The van der Waals surface area contributed by atoms with E-state index >= 15 is 0 Å². The van der Waals surface area contributed by atoms with Crippen LogP contribution in [0.15, 0.2) is 241 Å². The van der Waals surface area contributed by atoms with Crippen LogP contribution in [0.25, 0.3) is 76.5 Å². The van der Waals surface area contributed by atoms with Crippen LogP contribution >= 0.6 is 0 Å². The maximum Gasteiger partial charge on any atom is 0.143 e. The zero-order chi connectivity index (χ0) is 41.5. The van der Waals surface area contributed by atoms with Crippen LogP contribution in [0, 0.1) is 0 Å². The van der Waals surface area contributed by atoms with E-state index in [4.69, 9.17) is 4.42 Å². The normalized spacial score (nSPS) is 12.9. The number of para-hydroxylation sites is 2. The smallest absolute Gasteiger partial charge is 0.143 e. The van der Waals surface area contributed by atoms with E-state index < -0.39 is 5.41 Å². The first-order valence-corrected chi connectivity index (χ1v) is 21.8. The molecule has 0 unspecified atom stereocenters. The van der Waals surface area contributed by atoms with Crippen LogP contribution in [0.2, 0.25) is 0 Å². The highest BCUT2D eigenvalue weighted by Crippen LogP contribution is 2.56. The Morgan fingerprint density at radius 3 is 1.41 bits per heavy atom. The van der Waals surface area contributed by atoms with Gasteiger partial charge < -0.3 is 9.32 Å². The molecule has 2 heteroatoms. The fourth-order valence-corrected chi connectivity index (χ4v) is 10.8. The molecule has 1 aromatic heterocycles. The van der Waals surface area contributed by atoms with E-state index in [2.05, 4.69) is 229 Å². The van der Waals surface area contributed by atoms with Crippen molar-refractivity contribution in [3.63, 3.8) is 0 Å². The Balaban J connectivity index is 1.01. The van der Waals surface area contributed by atoms with Gasteiger partial charge in [0.15, 0.2) is 0 Å². The van der Waals surface area contributed by atoms with Crippen LogP contribution < -0.4 is 4.90 Å². The van der Waals surface area contributed by atoms with Gasteiger partial charge in [0, 0.05) is 33.4 Å². The number of nitrogens with zero attached hydrogens (tertiary/aromatic N) is 1. The third kappa shape index (κ3) is 5.25. The first-order valence-electron chi connectivity index (χ1n) is 21.8. The van der Waals surface area contributed by atoms with Crippen LogP contribution in [-0.2, 0) is 5.41 Å². The number of anilines is 3. The second kappa shape index (κ2) is 13.9. The molecule has 1 aliphatic carbocycles. The molecular formula is C61H39NO. The number of furan rings is 1. The average Bonchev–Trinajstić information content (AvgIpc) is 3.89. The number of fused-ring (bicyclic) bond motifs is 12. The fourth-order valence-electron chi connectivity index (χ4n) is 10.8. The SMILES string of the molecule is c1ccc(C2(c3ccc(N(c4ccc(-c5cccc6c5oc5ccccc56)cc4)c4ccc5c6ccccc6c6ccccc6c5c4)cc3)c3ccccc3-c3ccccc32)cc1. The standard InChI is InChI=1S/C61H39NO/c1-2-15-41(16-3-1)61(57-26-11-8-21-52(57)53-22-9-12-27-58(53)61)42-31-35-44(36-32-42)62(45-37-38-51-49-19-5-4-17-47(49)48-18-6-7-20-50(48)56(51)39-45)43-33-29-40(30-34-43)46-24-14-25-55-54-23-10-13-28-59(54)63-60(46)55/h1-39H. The molecule has 13 rings (SSSR count). The molecule has 0 saturated heterocycles. The Morgan fingerprint density at radius 1 is 0.302 bits per heavy atom. The van der Waals surface area contributed by atoms with Gasteiger partial charge in [-0.25, -0.2) is 0 Å². The first-order chi connectivity index (χ1) is 31.3. The predicted molar refractivity (Wildman–Crippen MR) is 264 cm³/mol. The summed E-state index contributed by atoms with van der Waals surface area (Å²) in [5.41, 5.74) is 14.5. The van der Waals surface area contributed by atoms with Crippen molar-refractivity contribution in [3.05, 3.63) is 259 Å². The quantitative estimate of drug-likeness (QED) is 0.156. The second-order valence-corrected chi connectivity index (χ2v) is 16.7. The van der Waals surface area contributed by atoms with Gasteiger partial charge in [-0.05, 0) is 114 Å². The lowest BCUT2D eigenvalue weighted by Crippen LogP contribution is -2.28.